The van der Waals surface area contributed by atoms with E-state index in [0.717, 1.165) is 16.4 Å². The number of benzene rings is 3. The molecular weight excluding hydrogens is 454 g/mol. The first-order chi connectivity index (χ1) is 15.8. The topological polar surface area (TPSA) is 84.9 Å². The van der Waals surface area contributed by atoms with Crippen molar-refractivity contribution in [3.8, 4) is 11.5 Å². The van der Waals surface area contributed by atoms with Crippen LogP contribution in [-0.4, -0.2) is 44.9 Å². The minimum Gasteiger partial charge on any atom is -0.457 e. The Balaban J connectivity index is 1.47. The first-order valence-electron chi connectivity index (χ1n) is 10.1. The van der Waals surface area contributed by atoms with Gasteiger partial charge in [-0.25, -0.2) is 17.2 Å². The van der Waals surface area contributed by atoms with Gasteiger partial charge in [0, 0.05) is 24.3 Å². The number of sulfonamides is 1. The van der Waals surface area contributed by atoms with Gasteiger partial charge in [-0.2, -0.15) is 4.31 Å². The molecule has 0 saturated carbocycles. The Hall–Kier alpha value is -3.34. The molecule has 1 saturated heterocycles. The second kappa shape index (κ2) is 9.65. The molecule has 1 aliphatic heterocycles. The summed E-state index contributed by atoms with van der Waals surface area (Å²) in [6.07, 6.45) is 0. The van der Waals surface area contributed by atoms with Crippen LogP contribution in [0.4, 0.5) is 14.5 Å². The van der Waals surface area contributed by atoms with Gasteiger partial charge < -0.3 is 14.8 Å². The fourth-order valence-electron chi connectivity index (χ4n) is 3.22. The predicted octanol–water partition coefficient (Wildman–Crippen LogP) is 4.03. The molecule has 0 aliphatic carbocycles. The average Bonchev–Trinajstić information content (AvgIpc) is 2.82. The summed E-state index contributed by atoms with van der Waals surface area (Å²) in [6.45, 7) is 0.728. The molecule has 172 valence electrons. The molecule has 7 nitrogen and oxygen atoms in total. The van der Waals surface area contributed by atoms with Crippen molar-refractivity contribution in [2.24, 2.45) is 0 Å². The highest BCUT2D eigenvalue weighted by Crippen LogP contribution is 2.25. The van der Waals surface area contributed by atoms with Crippen molar-refractivity contribution < 1.29 is 31.5 Å². The molecule has 0 unspecified atom stereocenters. The molecule has 0 aromatic heterocycles. The van der Waals surface area contributed by atoms with Crippen molar-refractivity contribution in [1.82, 2.24) is 4.31 Å². The third-order valence-corrected chi connectivity index (χ3v) is 6.86. The summed E-state index contributed by atoms with van der Waals surface area (Å²) in [4.78, 5) is 12.1. The summed E-state index contributed by atoms with van der Waals surface area (Å²) in [5.41, 5.74) is 0.420. The van der Waals surface area contributed by atoms with Crippen LogP contribution in [0.1, 0.15) is 10.4 Å². The zero-order valence-electron chi connectivity index (χ0n) is 17.3. The van der Waals surface area contributed by atoms with Crippen LogP contribution in [0.2, 0.25) is 0 Å². The van der Waals surface area contributed by atoms with Gasteiger partial charge >= 0.3 is 0 Å². The summed E-state index contributed by atoms with van der Waals surface area (Å²) in [6, 6.07) is 15.1. The van der Waals surface area contributed by atoms with Crippen LogP contribution in [0.3, 0.4) is 0 Å². The molecule has 3 aromatic carbocycles. The lowest BCUT2D eigenvalue weighted by molar-refractivity contribution is 0.0729. The molecule has 0 bridgehead atoms. The summed E-state index contributed by atoms with van der Waals surface area (Å²) in [5, 5.41) is 2.58. The van der Waals surface area contributed by atoms with E-state index in [-0.39, 0.29) is 43.4 Å². The molecule has 1 fully saturated rings. The zero-order chi connectivity index (χ0) is 23.4. The van der Waals surface area contributed by atoms with E-state index >= 15 is 0 Å². The molecule has 0 radical (unpaired) electrons. The number of halogens is 2. The predicted molar refractivity (Wildman–Crippen MR) is 117 cm³/mol. The number of hydrogen-bond acceptors (Lipinski definition) is 5. The summed E-state index contributed by atoms with van der Waals surface area (Å²) >= 11 is 0. The van der Waals surface area contributed by atoms with Gasteiger partial charge in [0.25, 0.3) is 5.91 Å². The molecule has 0 spiro atoms. The van der Waals surface area contributed by atoms with Crippen LogP contribution in [-0.2, 0) is 14.8 Å². The molecule has 1 N–H and O–H groups in total. The van der Waals surface area contributed by atoms with Crippen molar-refractivity contribution in [3.63, 3.8) is 0 Å². The van der Waals surface area contributed by atoms with Crippen LogP contribution in [0.5, 0.6) is 11.5 Å². The van der Waals surface area contributed by atoms with Crippen molar-refractivity contribution >= 4 is 21.6 Å². The van der Waals surface area contributed by atoms with E-state index in [9.17, 15) is 22.0 Å². The maximum absolute atomic E-state index is 14.3. The van der Waals surface area contributed by atoms with Crippen LogP contribution < -0.4 is 10.1 Å². The fraction of sp³-hybridized carbons (Fsp3) is 0.174. The van der Waals surface area contributed by atoms with E-state index in [4.69, 9.17) is 9.47 Å². The molecule has 3 aromatic rings. The number of morpholine rings is 1. The van der Waals surface area contributed by atoms with Crippen LogP contribution >= 0.6 is 0 Å². The van der Waals surface area contributed by atoms with Crippen molar-refractivity contribution in [2.45, 2.75) is 4.90 Å². The molecule has 1 aliphatic rings. The maximum atomic E-state index is 14.3. The number of hydrogen-bond donors (Lipinski definition) is 1. The van der Waals surface area contributed by atoms with E-state index in [0.29, 0.717) is 11.5 Å². The second-order valence-corrected chi connectivity index (χ2v) is 9.10. The monoisotopic (exact) mass is 474 g/mol. The van der Waals surface area contributed by atoms with Crippen LogP contribution in [0.15, 0.2) is 71.6 Å². The van der Waals surface area contributed by atoms with E-state index in [2.05, 4.69) is 5.32 Å². The first-order valence-corrected chi connectivity index (χ1v) is 11.5. The lowest BCUT2D eigenvalue weighted by Crippen LogP contribution is -2.40. The Morgan fingerprint density at radius 2 is 1.52 bits per heavy atom. The smallest absolute Gasteiger partial charge is 0.255 e. The highest BCUT2D eigenvalue weighted by molar-refractivity contribution is 7.89. The van der Waals surface area contributed by atoms with E-state index in [1.54, 1.807) is 12.1 Å². The first kappa shape index (κ1) is 22.8. The number of carbonyl (C=O) groups excluding carboxylic acids is 1. The highest BCUT2D eigenvalue weighted by Gasteiger charge is 2.29. The van der Waals surface area contributed by atoms with Crippen molar-refractivity contribution in [2.75, 3.05) is 31.6 Å². The van der Waals surface area contributed by atoms with Crippen LogP contribution in [0.25, 0.3) is 0 Å². The lowest BCUT2D eigenvalue weighted by atomic mass is 10.2. The van der Waals surface area contributed by atoms with E-state index in [1.807, 2.05) is 0 Å². The third-order valence-electron chi connectivity index (χ3n) is 4.94. The fourth-order valence-corrected chi connectivity index (χ4v) is 4.72. The Morgan fingerprint density at radius 3 is 2.15 bits per heavy atom. The molecule has 33 heavy (non-hydrogen) atoms. The molecule has 0 atom stereocenters. The largest absolute Gasteiger partial charge is 0.457 e. The molecule has 1 heterocycles. The molecule has 1 amide bonds. The maximum Gasteiger partial charge on any atom is 0.255 e. The number of nitrogens with zero attached hydrogens (tertiary/aromatic N) is 1. The normalized spacial score (nSPS) is 14.6. The SMILES string of the molecule is O=C(Nc1ccc(F)c(S(=O)(=O)N2CCOCC2)c1)c1ccc(Oc2ccc(F)cc2)cc1. The number of ether oxygens (including phenoxy) is 2. The zero-order valence-corrected chi connectivity index (χ0v) is 18.1. The highest BCUT2D eigenvalue weighted by atomic mass is 32.2. The second-order valence-electron chi connectivity index (χ2n) is 7.20. The lowest BCUT2D eigenvalue weighted by Gasteiger charge is -2.26. The minimum atomic E-state index is -4.07. The van der Waals surface area contributed by atoms with Crippen molar-refractivity contribution in [1.29, 1.82) is 0 Å². The van der Waals surface area contributed by atoms with Gasteiger partial charge in [0.1, 0.15) is 28.0 Å². The van der Waals surface area contributed by atoms with Gasteiger partial charge in [0.15, 0.2) is 0 Å². The third kappa shape index (κ3) is 5.36. The Morgan fingerprint density at radius 1 is 0.909 bits per heavy atom. The number of carbonyl (C=O) groups is 1. The standard InChI is InChI=1S/C23H20F2N2O5S/c24-17-3-8-20(9-4-17)32-19-6-1-16(2-7-19)23(28)26-18-5-10-21(25)22(15-18)33(29,30)27-11-13-31-14-12-27/h1-10,15H,11-14H2,(H,26,28). The van der Waals surface area contributed by atoms with Gasteiger partial charge in [-0.3, -0.25) is 4.79 Å². The Bertz CT molecular complexity index is 1240. The number of rotatable bonds is 6. The summed E-state index contributed by atoms with van der Waals surface area (Å²) < 4.78 is 64.8. The van der Waals surface area contributed by atoms with Crippen LogP contribution in [0, 0.1) is 11.6 Å². The Labute approximate surface area is 189 Å². The van der Waals surface area contributed by atoms with Gasteiger partial charge in [-0.1, -0.05) is 0 Å². The summed E-state index contributed by atoms with van der Waals surface area (Å²) in [7, 11) is -4.07. The molecule has 4 rings (SSSR count). The van der Waals surface area contributed by atoms with Gasteiger partial charge in [-0.15, -0.1) is 0 Å². The quantitative estimate of drug-likeness (QED) is 0.583. The molecule has 10 heteroatoms. The Kier molecular flexibility index (Phi) is 6.68. The molecular formula is C23H20F2N2O5S. The van der Waals surface area contributed by atoms with Gasteiger partial charge in [0.05, 0.1) is 13.2 Å². The number of anilines is 1. The number of nitrogens with one attached hydrogen (secondary N) is 1. The van der Waals surface area contributed by atoms with Gasteiger partial charge in [0.2, 0.25) is 10.0 Å². The average molecular weight is 474 g/mol. The van der Waals surface area contributed by atoms with Gasteiger partial charge in [-0.05, 0) is 66.7 Å². The van der Waals surface area contributed by atoms with E-state index in [1.165, 1.54) is 42.5 Å². The minimum absolute atomic E-state index is 0.130. The summed E-state index contributed by atoms with van der Waals surface area (Å²) in [5.74, 6) is -0.907. The number of amides is 1. The van der Waals surface area contributed by atoms with E-state index < -0.39 is 26.6 Å². The van der Waals surface area contributed by atoms with Crippen molar-refractivity contribution in [3.05, 3.63) is 83.9 Å².